The molecular weight excluding hydrogens is 417 g/mol. The van der Waals surface area contributed by atoms with E-state index in [1.54, 1.807) is 25.1 Å². The first kappa shape index (κ1) is 19.6. The lowest BCUT2D eigenvalue weighted by Gasteiger charge is -2.22. The summed E-state index contributed by atoms with van der Waals surface area (Å²) >= 11 is 1.42. The normalized spacial score (nSPS) is 18.4. The molecule has 158 valence electrons. The van der Waals surface area contributed by atoms with Crippen molar-refractivity contribution in [2.24, 2.45) is 0 Å². The molecule has 5 rings (SSSR count). The molecule has 2 heterocycles. The molecule has 7 nitrogen and oxygen atoms in total. The molecule has 0 bridgehead atoms. The second-order valence-corrected chi connectivity index (χ2v) is 8.60. The van der Waals surface area contributed by atoms with Gasteiger partial charge in [-0.05, 0) is 49.6 Å². The van der Waals surface area contributed by atoms with Crippen LogP contribution in [-0.2, 0) is 0 Å². The van der Waals surface area contributed by atoms with E-state index in [-0.39, 0.29) is 23.8 Å². The molecule has 0 saturated heterocycles. The summed E-state index contributed by atoms with van der Waals surface area (Å²) in [6, 6.07) is 11.8. The first-order valence-electron chi connectivity index (χ1n) is 10.1. The van der Waals surface area contributed by atoms with Crippen molar-refractivity contribution in [1.82, 2.24) is 20.5 Å². The minimum Gasteiger partial charge on any atom is -0.421 e. The third-order valence-corrected chi connectivity index (χ3v) is 6.37. The van der Waals surface area contributed by atoms with E-state index >= 15 is 0 Å². The number of aryl methyl sites for hydroxylation is 1. The van der Waals surface area contributed by atoms with Gasteiger partial charge in [0.2, 0.25) is 11.8 Å². The van der Waals surface area contributed by atoms with Gasteiger partial charge < -0.3 is 15.1 Å². The molecule has 31 heavy (non-hydrogen) atoms. The lowest BCUT2D eigenvalue weighted by atomic mass is 10.1. The summed E-state index contributed by atoms with van der Waals surface area (Å²) in [6.45, 7) is 1.71. The van der Waals surface area contributed by atoms with Crippen LogP contribution < -0.4 is 10.6 Å². The largest absolute Gasteiger partial charge is 0.421 e. The summed E-state index contributed by atoms with van der Waals surface area (Å²) in [5.74, 6) is 0.312. The summed E-state index contributed by atoms with van der Waals surface area (Å²) in [5, 5.41) is 15.2. The Morgan fingerprint density at radius 1 is 1.16 bits per heavy atom. The highest BCUT2D eigenvalue weighted by Gasteiger charge is 2.30. The fourth-order valence-electron chi connectivity index (χ4n) is 3.94. The van der Waals surface area contributed by atoms with Crippen molar-refractivity contribution in [1.29, 1.82) is 0 Å². The number of benzene rings is 2. The maximum absolute atomic E-state index is 13.5. The average molecular weight is 438 g/mol. The van der Waals surface area contributed by atoms with Gasteiger partial charge in [-0.2, -0.15) is 0 Å². The van der Waals surface area contributed by atoms with Crippen LogP contribution in [-0.4, -0.2) is 33.2 Å². The Hall–Kier alpha value is -3.33. The number of rotatable bonds is 5. The van der Waals surface area contributed by atoms with Crippen LogP contribution >= 0.6 is 11.3 Å². The molecule has 1 fully saturated rings. The van der Waals surface area contributed by atoms with Crippen LogP contribution in [0.2, 0.25) is 0 Å². The third-order valence-electron chi connectivity index (χ3n) is 5.42. The van der Waals surface area contributed by atoms with Gasteiger partial charge in [-0.15, -0.1) is 10.2 Å². The number of aromatic nitrogens is 3. The Balaban J connectivity index is 1.33. The highest BCUT2D eigenvalue weighted by Crippen LogP contribution is 2.30. The number of hydrogen-bond acceptors (Lipinski definition) is 7. The van der Waals surface area contributed by atoms with Crippen molar-refractivity contribution in [3.63, 3.8) is 0 Å². The zero-order chi connectivity index (χ0) is 21.4. The number of hydrogen-bond donors (Lipinski definition) is 2. The van der Waals surface area contributed by atoms with Gasteiger partial charge >= 0.3 is 0 Å². The molecule has 0 unspecified atom stereocenters. The van der Waals surface area contributed by atoms with E-state index in [4.69, 9.17) is 4.42 Å². The number of amides is 1. The quantitative estimate of drug-likeness (QED) is 0.476. The van der Waals surface area contributed by atoms with Crippen molar-refractivity contribution in [3.05, 3.63) is 59.7 Å². The van der Waals surface area contributed by atoms with Gasteiger partial charge in [-0.1, -0.05) is 23.5 Å². The van der Waals surface area contributed by atoms with Crippen LogP contribution in [0.1, 0.15) is 35.5 Å². The topological polar surface area (TPSA) is 92.9 Å². The number of nitrogens with zero attached hydrogens (tertiary/aromatic N) is 3. The minimum atomic E-state index is -0.274. The number of carbonyl (C=O) groups excluding carboxylic acids is 1. The first-order chi connectivity index (χ1) is 15.1. The van der Waals surface area contributed by atoms with Crippen LogP contribution in [0.4, 0.5) is 9.52 Å². The van der Waals surface area contributed by atoms with E-state index < -0.39 is 0 Å². The number of carbonyl (C=O) groups is 1. The zero-order valence-corrected chi connectivity index (χ0v) is 17.6. The smallest absolute Gasteiger partial charge is 0.252 e. The SMILES string of the molecule is Cc1nnc(-c2ccccc2C(=O)N[C@@H]2CCC[C@@H]2Nc2nc3ccc(F)cc3s2)o1. The van der Waals surface area contributed by atoms with Gasteiger partial charge in [0.05, 0.1) is 21.3 Å². The lowest BCUT2D eigenvalue weighted by Crippen LogP contribution is -2.43. The average Bonchev–Trinajstić information content (AvgIpc) is 3.48. The molecule has 0 radical (unpaired) electrons. The summed E-state index contributed by atoms with van der Waals surface area (Å²) in [4.78, 5) is 17.6. The number of thiazole rings is 1. The van der Waals surface area contributed by atoms with Crippen molar-refractivity contribution in [2.75, 3.05) is 5.32 Å². The molecule has 0 aliphatic heterocycles. The van der Waals surface area contributed by atoms with Crippen LogP contribution in [0.5, 0.6) is 0 Å². The maximum atomic E-state index is 13.5. The molecule has 2 aromatic heterocycles. The molecule has 0 spiro atoms. The Morgan fingerprint density at radius 3 is 2.84 bits per heavy atom. The Labute approximate surface area is 181 Å². The molecule has 4 aromatic rings. The van der Waals surface area contributed by atoms with E-state index in [1.165, 1.54) is 23.5 Å². The van der Waals surface area contributed by atoms with Gasteiger partial charge in [-0.3, -0.25) is 4.79 Å². The third kappa shape index (κ3) is 4.00. The van der Waals surface area contributed by atoms with Gasteiger partial charge in [-0.25, -0.2) is 9.37 Å². The molecule has 1 saturated carbocycles. The standard InChI is InChI=1S/C22H20FN5O2S/c1-12-27-28-21(30-12)15-6-3-2-5-14(15)20(29)24-16-7-4-8-17(16)25-22-26-18-10-9-13(23)11-19(18)31-22/h2-3,5-6,9-11,16-17H,4,7-8H2,1H3,(H,24,29)(H,25,26)/t16-,17+/m1/s1. The lowest BCUT2D eigenvalue weighted by molar-refractivity contribution is 0.0936. The zero-order valence-electron chi connectivity index (χ0n) is 16.8. The summed E-state index contributed by atoms with van der Waals surface area (Å²) in [7, 11) is 0. The Morgan fingerprint density at radius 2 is 2.00 bits per heavy atom. The Kier molecular flexibility index (Phi) is 5.11. The predicted octanol–water partition coefficient (Wildman–Crippen LogP) is 4.56. The maximum Gasteiger partial charge on any atom is 0.252 e. The summed E-state index contributed by atoms with van der Waals surface area (Å²) in [5.41, 5.74) is 1.86. The molecule has 1 amide bonds. The van der Waals surface area contributed by atoms with Gasteiger partial charge in [0, 0.05) is 19.0 Å². The molecule has 1 aliphatic carbocycles. The van der Waals surface area contributed by atoms with Crippen molar-refractivity contribution in [2.45, 2.75) is 38.3 Å². The highest BCUT2D eigenvalue weighted by atomic mass is 32.1. The van der Waals surface area contributed by atoms with E-state index in [2.05, 4.69) is 25.8 Å². The van der Waals surface area contributed by atoms with Crippen LogP contribution in [0.25, 0.3) is 21.7 Å². The fraction of sp³-hybridized carbons (Fsp3) is 0.273. The molecule has 9 heteroatoms. The first-order valence-corrected chi connectivity index (χ1v) is 10.9. The van der Waals surface area contributed by atoms with E-state index in [9.17, 15) is 9.18 Å². The second kappa shape index (κ2) is 8.07. The minimum absolute atomic E-state index is 0.0475. The molecule has 1 aliphatic rings. The number of halogens is 1. The van der Waals surface area contributed by atoms with E-state index in [0.717, 1.165) is 34.6 Å². The number of nitrogens with one attached hydrogen (secondary N) is 2. The van der Waals surface area contributed by atoms with Gasteiger partial charge in [0.25, 0.3) is 5.91 Å². The predicted molar refractivity (Wildman–Crippen MR) is 117 cm³/mol. The van der Waals surface area contributed by atoms with Crippen LogP contribution in [0, 0.1) is 12.7 Å². The fourth-order valence-corrected chi connectivity index (χ4v) is 4.90. The van der Waals surface area contributed by atoms with Crippen LogP contribution in [0.3, 0.4) is 0 Å². The van der Waals surface area contributed by atoms with Crippen LogP contribution in [0.15, 0.2) is 46.9 Å². The Bertz CT molecular complexity index is 1250. The van der Waals surface area contributed by atoms with Crippen molar-refractivity contribution >= 4 is 32.6 Å². The van der Waals surface area contributed by atoms with E-state index in [0.29, 0.717) is 22.9 Å². The number of anilines is 1. The second-order valence-electron chi connectivity index (χ2n) is 7.56. The molecule has 2 N–H and O–H groups in total. The monoisotopic (exact) mass is 437 g/mol. The van der Waals surface area contributed by atoms with E-state index in [1.807, 2.05) is 12.1 Å². The van der Waals surface area contributed by atoms with Gasteiger partial charge in [0.15, 0.2) is 5.13 Å². The van der Waals surface area contributed by atoms with Gasteiger partial charge in [0.1, 0.15) is 5.82 Å². The molecule has 2 aromatic carbocycles. The van der Waals surface area contributed by atoms with Crippen molar-refractivity contribution < 1.29 is 13.6 Å². The summed E-state index contributed by atoms with van der Waals surface area (Å²) < 4.78 is 19.8. The summed E-state index contributed by atoms with van der Waals surface area (Å²) in [6.07, 6.45) is 2.77. The molecule has 2 atom stereocenters. The molecular formula is C22H20FN5O2S. The number of fused-ring (bicyclic) bond motifs is 1. The highest BCUT2D eigenvalue weighted by molar-refractivity contribution is 7.22. The van der Waals surface area contributed by atoms with Crippen molar-refractivity contribution in [3.8, 4) is 11.5 Å².